The lowest BCUT2D eigenvalue weighted by molar-refractivity contribution is -0.140. The molecule has 0 saturated carbocycles. The summed E-state index contributed by atoms with van der Waals surface area (Å²) in [6, 6.07) is 5.60. The Morgan fingerprint density at radius 1 is 1.15 bits per heavy atom. The predicted molar refractivity (Wildman–Crippen MR) is 137 cm³/mol. The van der Waals surface area contributed by atoms with E-state index >= 15 is 0 Å². The van der Waals surface area contributed by atoms with E-state index in [0.717, 1.165) is 24.2 Å². The SMILES string of the molecule is CCN(CC(O)C(N)CC(Cc1ccc(OC)c(OCCCOC)c1)C(C)C)C(=O)C(C)(C)C. The second-order valence-electron chi connectivity index (χ2n) is 10.4. The quantitative estimate of drug-likeness (QED) is 0.370. The van der Waals surface area contributed by atoms with Crippen molar-refractivity contribution in [3.05, 3.63) is 23.8 Å². The highest BCUT2D eigenvalue weighted by Gasteiger charge is 2.30. The van der Waals surface area contributed by atoms with Crippen LogP contribution in [0.2, 0.25) is 0 Å². The maximum atomic E-state index is 12.7. The topological polar surface area (TPSA) is 94.2 Å². The first kappa shape index (κ1) is 30.2. The molecule has 3 atom stereocenters. The van der Waals surface area contributed by atoms with Gasteiger partial charge >= 0.3 is 0 Å². The van der Waals surface area contributed by atoms with E-state index in [9.17, 15) is 9.90 Å². The van der Waals surface area contributed by atoms with Gasteiger partial charge < -0.3 is 30.0 Å². The molecule has 196 valence electrons. The van der Waals surface area contributed by atoms with E-state index < -0.39 is 17.6 Å². The maximum absolute atomic E-state index is 12.7. The zero-order valence-electron chi connectivity index (χ0n) is 22.6. The third-order valence-electron chi connectivity index (χ3n) is 6.21. The van der Waals surface area contributed by atoms with E-state index in [1.54, 1.807) is 19.1 Å². The number of hydrogen-bond donors (Lipinski definition) is 2. The first-order valence-electron chi connectivity index (χ1n) is 12.5. The van der Waals surface area contributed by atoms with Gasteiger partial charge in [-0.05, 0) is 49.3 Å². The van der Waals surface area contributed by atoms with Gasteiger partial charge in [0.25, 0.3) is 0 Å². The number of amides is 1. The van der Waals surface area contributed by atoms with Gasteiger partial charge in [-0.25, -0.2) is 0 Å². The molecule has 1 amide bonds. The van der Waals surface area contributed by atoms with Crippen LogP contribution >= 0.6 is 0 Å². The van der Waals surface area contributed by atoms with Crippen LogP contribution in [0.25, 0.3) is 0 Å². The van der Waals surface area contributed by atoms with Gasteiger partial charge in [0.2, 0.25) is 5.91 Å². The molecule has 1 aromatic carbocycles. The number of carbonyl (C=O) groups excluding carboxylic acids is 1. The van der Waals surface area contributed by atoms with Crippen LogP contribution in [0.3, 0.4) is 0 Å². The van der Waals surface area contributed by atoms with Crippen LogP contribution in [0, 0.1) is 17.3 Å². The average Bonchev–Trinajstić information content (AvgIpc) is 2.78. The van der Waals surface area contributed by atoms with Gasteiger partial charge in [-0.1, -0.05) is 40.7 Å². The summed E-state index contributed by atoms with van der Waals surface area (Å²) in [6.07, 6.45) is 1.51. The molecule has 3 unspecified atom stereocenters. The number of likely N-dealkylation sites (N-methyl/N-ethyl adjacent to an activating group) is 1. The summed E-state index contributed by atoms with van der Waals surface area (Å²) >= 11 is 0. The lowest BCUT2D eigenvalue weighted by atomic mass is 9.83. The van der Waals surface area contributed by atoms with Crippen LogP contribution in [0.4, 0.5) is 0 Å². The number of nitrogens with zero attached hydrogens (tertiary/aromatic N) is 1. The number of benzene rings is 1. The van der Waals surface area contributed by atoms with Crippen molar-refractivity contribution in [2.45, 2.75) is 73.0 Å². The summed E-state index contributed by atoms with van der Waals surface area (Å²) in [7, 11) is 3.31. The van der Waals surface area contributed by atoms with Gasteiger partial charge in [0.1, 0.15) is 0 Å². The largest absolute Gasteiger partial charge is 0.493 e. The van der Waals surface area contributed by atoms with Gasteiger partial charge in [-0.3, -0.25) is 4.79 Å². The average molecular weight is 481 g/mol. The Balaban J connectivity index is 2.85. The minimum Gasteiger partial charge on any atom is -0.493 e. The van der Waals surface area contributed by atoms with E-state index in [-0.39, 0.29) is 18.4 Å². The Morgan fingerprint density at radius 2 is 1.82 bits per heavy atom. The van der Waals surface area contributed by atoms with Crippen molar-refractivity contribution in [1.29, 1.82) is 0 Å². The van der Waals surface area contributed by atoms with Gasteiger partial charge in [0.15, 0.2) is 11.5 Å². The molecule has 1 aromatic rings. The highest BCUT2D eigenvalue weighted by atomic mass is 16.5. The van der Waals surface area contributed by atoms with Gasteiger partial charge in [-0.2, -0.15) is 0 Å². The standard InChI is InChI=1S/C27H48N2O5/c1-9-29(26(31)27(4,5)6)18-23(30)22(28)17-21(19(2)3)15-20-11-12-24(33-8)25(16-20)34-14-10-13-32-7/h11-12,16,19,21-23,30H,9-10,13-15,17-18,28H2,1-8H3. The molecule has 3 N–H and O–H groups in total. The molecular formula is C27H48N2O5. The highest BCUT2D eigenvalue weighted by molar-refractivity contribution is 5.81. The summed E-state index contributed by atoms with van der Waals surface area (Å²) in [5.74, 6) is 2.11. The minimum absolute atomic E-state index is 0.0259. The number of aliphatic hydroxyl groups is 1. The van der Waals surface area contributed by atoms with Crippen LogP contribution in [0.15, 0.2) is 18.2 Å². The lowest BCUT2D eigenvalue weighted by Gasteiger charge is -2.33. The van der Waals surface area contributed by atoms with E-state index in [2.05, 4.69) is 19.9 Å². The first-order valence-corrected chi connectivity index (χ1v) is 12.5. The molecule has 0 heterocycles. The zero-order valence-corrected chi connectivity index (χ0v) is 22.6. The second kappa shape index (κ2) is 14.5. The number of ether oxygens (including phenoxy) is 3. The third kappa shape index (κ3) is 9.80. The molecule has 0 aromatic heterocycles. The monoisotopic (exact) mass is 480 g/mol. The Hall–Kier alpha value is -1.83. The van der Waals surface area contributed by atoms with E-state index in [0.29, 0.717) is 37.8 Å². The van der Waals surface area contributed by atoms with Gasteiger partial charge in [0, 0.05) is 44.7 Å². The summed E-state index contributed by atoms with van der Waals surface area (Å²) < 4.78 is 16.5. The zero-order chi connectivity index (χ0) is 25.9. The number of methoxy groups -OCH3 is 2. The highest BCUT2D eigenvalue weighted by Crippen LogP contribution is 2.31. The van der Waals surface area contributed by atoms with Crippen molar-refractivity contribution in [3.63, 3.8) is 0 Å². The number of nitrogens with two attached hydrogens (primary N) is 1. The van der Waals surface area contributed by atoms with Crippen molar-refractivity contribution in [2.75, 3.05) is 40.5 Å². The molecule has 0 spiro atoms. The Kier molecular flexibility index (Phi) is 12.9. The molecule has 0 aliphatic heterocycles. The molecular weight excluding hydrogens is 432 g/mol. The van der Waals surface area contributed by atoms with Crippen LogP contribution in [-0.2, 0) is 16.0 Å². The molecule has 0 fully saturated rings. The minimum atomic E-state index is -0.775. The van der Waals surface area contributed by atoms with Crippen molar-refractivity contribution in [3.8, 4) is 11.5 Å². The van der Waals surface area contributed by atoms with Crippen LogP contribution in [0.5, 0.6) is 11.5 Å². The fourth-order valence-corrected chi connectivity index (χ4v) is 3.94. The Morgan fingerprint density at radius 3 is 2.35 bits per heavy atom. The predicted octanol–water partition coefficient (Wildman–Crippen LogP) is 3.90. The first-order chi connectivity index (χ1) is 15.9. The molecule has 34 heavy (non-hydrogen) atoms. The van der Waals surface area contributed by atoms with Crippen LogP contribution < -0.4 is 15.2 Å². The maximum Gasteiger partial charge on any atom is 0.228 e. The number of carbonyl (C=O) groups is 1. The van der Waals surface area contributed by atoms with Crippen LogP contribution in [-0.4, -0.2) is 68.6 Å². The van der Waals surface area contributed by atoms with Crippen molar-refractivity contribution < 1.29 is 24.1 Å². The van der Waals surface area contributed by atoms with E-state index in [1.807, 2.05) is 39.8 Å². The molecule has 7 heteroatoms. The summed E-state index contributed by atoms with van der Waals surface area (Å²) in [5.41, 5.74) is 7.10. The molecule has 0 saturated heterocycles. The lowest BCUT2D eigenvalue weighted by Crippen LogP contribution is -2.49. The van der Waals surface area contributed by atoms with Crippen molar-refractivity contribution in [2.24, 2.45) is 23.0 Å². The molecule has 1 rings (SSSR count). The molecule has 0 aliphatic carbocycles. The normalized spacial score (nSPS) is 14.6. The third-order valence-corrected chi connectivity index (χ3v) is 6.21. The number of aliphatic hydroxyl groups excluding tert-OH is 1. The fourth-order valence-electron chi connectivity index (χ4n) is 3.94. The molecule has 7 nitrogen and oxygen atoms in total. The summed E-state index contributed by atoms with van der Waals surface area (Å²) in [4.78, 5) is 14.4. The number of rotatable bonds is 15. The van der Waals surface area contributed by atoms with Crippen molar-refractivity contribution >= 4 is 5.91 Å². The number of hydrogen-bond acceptors (Lipinski definition) is 6. The van der Waals surface area contributed by atoms with Crippen LogP contribution in [0.1, 0.15) is 59.9 Å². The molecule has 0 bridgehead atoms. The Labute approximate surface area is 206 Å². The van der Waals surface area contributed by atoms with Gasteiger partial charge in [-0.15, -0.1) is 0 Å². The summed E-state index contributed by atoms with van der Waals surface area (Å²) in [5, 5.41) is 10.8. The Bertz CT molecular complexity index is 732. The molecule has 0 radical (unpaired) electrons. The molecule has 0 aliphatic rings. The smallest absolute Gasteiger partial charge is 0.228 e. The van der Waals surface area contributed by atoms with Gasteiger partial charge in [0.05, 0.1) is 19.8 Å². The van der Waals surface area contributed by atoms with E-state index in [4.69, 9.17) is 19.9 Å². The van der Waals surface area contributed by atoms with Crippen molar-refractivity contribution in [1.82, 2.24) is 4.90 Å². The fraction of sp³-hybridized carbons (Fsp3) is 0.741. The second-order valence-corrected chi connectivity index (χ2v) is 10.4. The summed E-state index contributed by atoms with van der Waals surface area (Å²) in [6.45, 7) is 14.0. The van der Waals surface area contributed by atoms with E-state index in [1.165, 1.54) is 0 Å².